The highest BCUT2D eigenvalue weighted by atomic mass is 32.1. The molecule has 0 aliphatic carbocycles. The summed E-state index contributed by atoms with van der Waals surface area (Å²) in [5.74, 6) is 0.658. The quantitative estimate of drug-likeness (QED) is 0.185. The molecule has 50 heavy (non-hydrogen) atoms. The molecule has 0 bridgehead atoms. The fourth-order valence-electron chi connectivity index (χ4n) is 7.04. The summed E-state index contributed by atoms with van der Waals surface area (Å²) >= 11 is 1.84. The molecular weight excluding hydrogens is 631 g/mol. The summed E-state index contributed by atoms with van der Waals surface area (Å²) in [4.78, 5) is 14.5. The van der Waals surface area contributed by atoms with Crippen molar-refractivity contribution in [2.45, 2.75) is 0 Å². The first-order chi connectivity index (χ1) is 24.8. The average molecular weight is 658 g/mol. The van der Waals surface area contributed by atoms with E-state index in [0.717, 1.165) is 66.7 Å². The Bertz CT molecular complexity index is 2860. The molecular formula is C45H27N3OS. The van der Waals surface area contributed by atoms with Crippen molar-refractivity contribution < 1.29 is 4.42 Å². The average Bonchev–Trinajstić information content (AvgIpc) is 3.78. The molecule has 6 aromatic carbocycles. The summed E-state index contributed by atoms with van der Waals surface area (Å²) < 4.78 is 9.33. The van der Waals surface area contributed by atoms with Crippen molar-refractivity contribution in [2.75, 3.05) is 0 Å². The van der Waals surface area contributed by atoms with E-state index in [4.69, 9.17) is 14.4 Å². The first-order valence-corrected chi connectivity index (χ1v) is 17.4. The number of hydrogen-bond acceptors (Lipinski definition) is 5. The molecule has 234 valence electrons. The van der Waals surface area contributed by atoms with E-state index in [0.29, 0.717) is 5.82 Å². The molecule has 4 nitrogen and oxygen atoms in total. The second kappa shape index (κ2) is 11.6. The van der Waals surface area contributed by atoms with E-state index in [-0.39, 0.29) is 0 Å². The fraction of sp³-hybridized carbons (Fsp3) is 0. The number of thiophene rings is 1. The summed E-state index contributed by atoms with van der Waals surface area (Å²) in [6.45, 7) is 0. The van der Waals surface area contributed by atoms with Gasteiger partial charge in [-0.05, 0) is 53.1 Å². The molecule has 0 atom stereocenters. The van der Waals surface area contributed by atoms with Gasteiger partial charge in [0, 0.05) is 65.6 Å². The van der Waals surface area contributed by atoms with Gasteiger partial charge in [0.15, 0.2) is 5.82 Å². The second-order valence-electron chi connectivity index (χ2n) is 12.4. The van der Waals surface area contributed by atoms with Gasteiger partial charge in [0.05, 0.1) is 11.4 Å². The third-order valence-corrected chi connectivity index (χ3v) is 10.7. The van der Waals surface area contributed by atoms with E-state index in [9.17, 15) is 0 Å². The van der Waals surface area contributed by atoms with E-state index in [1.807, 2.05) is 66.2 Å². The smallest absolute Gasteiger partial charge is 0.160 e. The van der Waals surface area contributed by atoms with Gasteiger partial charge in [-0.1, -0.05) is 115 Å². The summed E-state index contributed by atoms with van der Waals surface area (Å²) in [6, 6.07) is 52.8. The SMILES string of the molecule is c1ccc(-c2cc(-c3ccc(-c4cccc5c4sc4ccccc45)c4c3oc3ccccc34)nc(-c3ccc(-c4ccncc4)cc3)n2)cc1. The van der Waals surface area contributed by atoms with Crippen molar-refractivity contribution >= 4 is 53.4 Å². The van der Waals surface area contributed by atoms with Gasteiger partial charge in [-0.15, -0.1) is 11.3 Å². The molecule has 0 unspecified atom stereocenters. The largest absolute Gasteiger partial charge is 0.455 e. The Morgan fingerprint density at radius 3 is 2.00 bits per heavy atom. The lowest BCUT2D eigenvalue weighted by Gasteiger charge is -2.12. The molecule has 4 heterocycles. The number of para-hydroxylation sites is 1. The van der Waals surface area contributed by atoms with Crippen LogP contribution in [-0.4, -0.2) is 15.0 Å². The van der Waals surface area contributed by atoms with Gasteiger partial charge in [0.1, 0.15) is 11.2 Å². The number of rotatable bonds is 5. The van der Waals surface area contributed by atoms with Gasteiger partial charge >= 0.3 is 0 Å². The Hall–Kier alpha value is -6.43. The molecule has 0 saturated carbocycles. The molecule has 0 amide bonds. The third-order valence-electron chi connectivity index (χ3n) is 9.45. The first kappa shape index (κ1) is 28.6. The lowest BCUT2D eigenvalue weighted by molar-refractivity contribution is 0.670. The minimum atomic E-state index is 0.658. The van der Waals surface area contributed by atoms with Crippen LogP contribution in [0.3, 0.4) is 0 Å². The maximum Gasteiger partial charge on any atom is 0.160 e. The van der Waals surface area contributed by atoms with Crippen LogP contribution in [-0.2, 0) is 0 Å². The highest BCUT2D eigenvalue weighted by Gasteiger charge is 2.21. The van der Waals surface area contributed by atoms with Crippen LogP contribution in [0, 0.1) is 0 Å². The molecule has 0 fully saturated rings. The van der Waals surface area contributed by atoms with Crippen LogP contribution in [0.15, 0.2) is 168 Å². The normalized spacial score (nSPS) is 11.6. The Balaban J connectivity index is 1.20. The van der Waals surface area contributed by atoms with Crippen molar-refractivity contribution in [1.29, 1.82) is 0 Å². The summed E-state index contributed by atoms with van der Waals surface area (Å²) in [5.41, 5.74) is 10.8. The minimum absolute atomic E-state index is 0.658. The molecule has 10 rings (SSSR count). The van der Waals surface area contributed by atoms with Gasteiger partial charge < -0.3 is 4.42 Å². The summed E-state index contributed by atoms with van der Waals surface area (Å²) in [7, 11) is 0. The van der Waals surface area contributed by atoms with Gasteiger partial charge in [-0.25, -0.2) is 9.97 Å². The molecule has 0 spiro atoms. The molecule has 0 radical (unpaired) electrons. The van der Waals surface area contributed by atoms with Crippen LogP contribution in [0.2, 0.25) is 0 Å². The van der Waals surface area contributed by atoms with Crippen molar-refractivity contribution in [3.05, 3.63) is 164 Å². The predicted molar refractivity (Wildman–Crippen MR) is 207 cm³/mol. The van der Waals surface area contributed by atoms with E-state index in [1.165, 1.54) is 25.7 Å². The van der Waals surface area contributed by atoms with Gasteiger partial charge in [-0.2, -0.15) is 0 Å². The third kappa shape index (κ3) is 4.71. The van der Waals surface area contributed by atoms with Crippen molar-refractivity contribution in [2.24, 2.45) is 0 Å². The number of benzene rings is 6. The zero-order valence-corrected chi connectivity index (χ0v) is 27.6. The highest BCUT2D eigenvalue weighted by molar-refractivity contribution is 7.26. The molecule has 4 aromatic heterocycles. The number of aromatic nitrogens is 3. The van der Waals surface area contributed by atoms with Crippen LogP contribution >= 0.6 is 11.3 Å². The molecule has 0 aliphatic rings. The lowest BCUT2D eigenvalue weighted by Crippen LogP contribution is -1.96. The molecule has 0 aliphatic heterocycles. The standard InChI is InChI=1S/C45H27N3OS/c1-2-9-30(10-3-1)38-27-39(48-45(47-38)31-19-17-28(18-20-31)29-23-25-46-26-24-29)36-22-21-33(42-37-12-4-6-15-40(37)49-43(36)42)35-14-8-13-34-32-11-5-7-16-41(32)50-44(34)35/h1-27H. The zero-order chi connectivity index (χ0) is 33.0. The van der Waals surface area contributed by atoms with Crippen LogP contribution in [0.4, 0.5) is 0 Å². The number of nitrogens with zero attached hydrogens (tertiary/aromatic N) is 3. The maximum atomic E-state index is 6.76. The van der Waals surface area contributed by atoms with E-state index < -0.39 is 0 Å². The lowest BCUT2D eigenvalue weighted by atomic mass is 9.95. The summed E-state index contributed by atoms with van der Waals surface area (Å²) in [6.07, 6.45) is 3.63. The van der Waals surface area contributed by atoms with Crippen molar-refractivity contribution in [3.63, 3.8) is 0 Å². The molecule has 0 N–H and O–H groups in total. The Morgan fingerprint density at radius 2 is 1.14 bits per heavy atom. The number of pyridine rings is 1. The topological polar surface area (TPSA) is 51.8 Å². The predicted octanol–water partition coefficient (Wildman–Crippen LogP) is 12.5. The maximum absolute atomic E-state index is 6.76. The summed E-state index contributed by atoms with van der Waals surface area (Å²) in [5, 5.41) is 4.74. The van der Waals surface area contributed by atoms with E-state index in [1.54, 1.807) is 0 Å². The van der Waals surface area contributed by atoms with Crippen LogP contribution in [0.25, 0.3) is 98.3 Å². The van der Waals surface area contributed by atoms with Gasteiger partial charge in [0.2, 0.25) is 0 Å². The fourth-order valence-corrected chi connectivity index (χ4v) is 8.27. The number of hydrogen-bond donors (Lipinski definition) is 0. The molecule has 0 saturated heterocycles. The van der Waals surface area contributed by atoms with Gasteiger partial charge in [-0.3, -0.25) is 4.98 Å². The van der Waals surface area contributed by atoms with Crippen LogP contribution < -0.4 is 0 Å². The molecule has 5 heteroatoms. The van der Waals surface area contributed by atoms with Crippen LogP contribution in [0.1, 0.15) is 0 Å². The Kier molecular flexibility index (Phi) is 6.64. The van der Waals surface area contributed by atoms with E-state index >= 15 is 0 Å². The van der Waals surface area contributed by atoms with Gasteiger partial charge in [0.25, 0.3) is 0 Å². The minimum Gasteiger partial charge on any atom is -0.455 e. The number of fused-ring (bicyclic) bond motifs is 6. The second-order valence-corrected chi connectivity index (χ2v) is 13.4. The van der Waals surface area contributed by atoms with Crippen molar-refractivity contribution in [3.8, 4) is 56.2 Å². The van der Waals surface area contributed by atoms with E-state index in [2.05, 4.69) is 114 Å². The Labute approximate surface area is 292 Å². The van der Waals surface area contributed by atoms with Crippen LogP contribution in [0.5, 0.6) is 0 Å². The monoisotopic (exact) mass is 657 g/mol. The first-order valence-electron chi connectivity index (χ1n) is 16.6. The zero-order valence-electron chi connectivity index (χ0n) is 26.7. The van der Waals surface area contributed by atoms with Crippen molar-refractivity contribution in [1.82, 2.24) is 15.0 Å². The highest BCUT2D eigenvalue weighted by Crippen LogP contribution is 2.46. The Morgan fingerprint density at radius 1 is 0.460 bits per heavy atom. The number of furan rings is 1. The molecule has 10 aromatic rings.